The van der Waals surface area contributed by atoms with E-state index in [2.05, 4.69) is 0 Å². The molecule has 0 aliphatic heterocycles. The van der Waals surface area contributed by atoms with Crippen molar-refractivity contribution >= 4 is 22.6 Å². The van der Waals surface area contributed by atoms with Gasteiger partial charge in [0.05, 0.1) is 12.1 Å². The molecule has 0 saturated heterocycles. The molecule has 0 radical (unpaired) electrons. The molecule has 0 aliphatic carbocycles. The molecule has 0 aliphatic rings. The fourth-order valence-electron chi connectivity index (χ4n) is 3.01. The van der Waals surface area contributed by atoms with Crippen molar-refractivity contribution in [1.29, 1.82) is 5.41 Å². The minimum atomic E-state index is -0.643. The van der Waals surface area contributed by atoms with Gasteiger partial charge in [0.1, 0.15) is 17.1 Å². The Morgan fingerprint density at radius 3 is 2.65 bits per heavy atom. The Morgan fingerprint density at radius 1 is 1.38 bits per heavy atom. The number of fused-ring (bicyclic) bond motifs is 1. The van der Waals surface area contributed by atoms with Crippen LogP contribution in [0.15, 0.2) is 24.4 Å². The molecule has 1 aromatic carbocycles. The van der Waals surface area contributed by atoms with Crippen molar-refractivity contribution in [3.63, 3.8) is 0 Å². The number of ether oxygens (including phenoxy) is 1. The van der Waals surface area contributed by atoms with Gasteiger partial charge in [0.15, 0.2) is 0 Å². The summed E-state index contributed by atoms with van der Waals surface area (Å²) in [5.41, 5.74) is 0.935. The van der Waals surface area contributed by atoms with Crippen LogP contribution in [0.4, 0.5) is 4.39 Å². The molecule has 1 unspecified atom stereocenters. The van der Waals surface area contributed by atoms with Gasteiger partial charge in [-0.05, 0) is 57.4 Å². The SMILES string of the molecule is CCC(Cc1cn(CCO)c2cc(F)ccc12)C(=N)C(=O)OC(C)(C)C. The van der Waals surface area contributed by atoms with Gasteiger partial charge in [0.25, 0.3) is 0 Å². The van der Waals surface area contributed by atoms with E-state index in [0.717, 1.165) is 10.9 Å². The first-order valence-electron chi connectivity index (χ1n) is 8.86. The number of nitrogens with zero attached hydrogens (tertiary/aromatic N) is 1. The number of rotatable bonds is 7. The number of halogens is 1. The number of benzene rings is 1. The summed E-state index contributed by atoms with van der Waals surface area (Å²) in [5.74, 6) is -1.23. The molecule has 0 saturated carbocycles. The van der Waals surface area contributed by atoms with E-state index in [4.69, 9.17) is 10.1 Å². The van der Waals surface area contributed by atoms with E-state index in [1.807, 2.05) is 13.1 Å². The van der Waals surface area contributed by atoms with Gasteiger partial charge < -0.3 is 14.4 Å². The molecule has 2 rings (SSSR count). The zero-order valence-electron chi connectivity index (χ0n) is 15.8. The van der Waals surface area contributed by atoms with Crippen LogP contribution in [0.25, 0.3) is 10.9 Å². The second kappa shape index (κ2) is 7.99. The lowest BCUT2D eigenvalue weighted by Gasteiger charge is -2.22. The third-order valence-electron chi connectivity index (χ3n) is 4.25. The summed E-state index contributed by atoms with van der Waals surface area (Å²) in [6.07, 6.45) is 2.96. The zero-order chi connectivity index (χ0) is 19.5. The maximum Gasteiger partial charge on any atom is 0.352 e. The number of esters is 1. The van der Waals surface area contributed by atoms with Crippen LogP contribution in [0.5, 0.6) is 0 Å². The molecule has 1 aromatic heterocycles. The summed E-state index contributed by atoms with van der Waals surface area (Å²) < 4.78 is 20.7. The van der Waals surface area contributed by atoms with Gasteiger partial charge in [-0.1, -0.05) is 6.92 Å². The van der Waals surface area contributed by atoms with Gasteiger partial charge in [0, 0.05) is 24.0 Å². The number of aromatic nitrogens is 1. The second-order valence-corrected chi connectivity index (χ2v) is 7.46. The third kappa shape index (κ3) is 4.69. The van der Waals surface area contributed by atoms with Gasteiger partial charge in [0.2, 0.25) is 0 Å². The highest BCUT2D eigenvalue weighted by Gasteiger charge is 2.26. The molecule has 0 bridgehead atoms. The minimum absolute atomic E-state index is 0.0485. The topological polar surface area (TPSA) is 75.3 Å². The fraction of sp³-hybridized carbons (Fsp3) is 0.500. The number of hydrogen-bond acceptors (Lipinski definition) is 4. The molecule has 2 aromatic rings. The largest absolute Gasteiger partial charge is 0.455 e. The average molecular weight is 362 g/mol. The van der Waals surface area contributed by atoms with E-state index in [9.17, 15) is 14.3 Å². The minimum Gasteiger partial charge on any atom is -0.455 e. The van der Waals surface area contributed by atoms with Crippen LogP contribution in [-0.2, 0) is 22.5 Å². The third-order valence-corrected chi connectivity index (χ3v) is 4.25. The average Bonchev–Trinajstić information content (AvgIpc) is 2.87. The molecule has 5 nitrogen and oxygen atoms in total. The first-order valence-corrected chi connectivity index (χ1v) is 8.86. The van der Waals surface area contributed by atoms with E-state index in [-0.39, 0.29) is 24.1 Å². The first kappa shape index (κ1) is 20.1. The smallest absolute Gasteiger partial charge is 0.352 e. The Bertz CT molecular complexity index is 805. The van der Waals surface area contributed by atoms with Crippen molar-refractivity contribution in [2.24, 2.45) is 5.92 Å². The Morgan fingerprint density at radius 2 is 2.08 bits per heavy atom. The van der Waals surface area contributed by atoms with Gasteiger partial charge >= 0.3 is 5.97 Å². The normalized spacial score (nSPS) is 13.0. The number of aliphatic hydroxyl groups is 1. The first-order chi connectivity index (χ1) is 12.2. The van der Waals surface area contributed by atoms with Gasteiger partial charge in [-0.3, -0.25) is 5.41 Å². The van der Waals surface area contributed by atoms with Crippen LogP contribution in [-0.4, -0.2) is 33.6 Å². The lowest BCUT2D eigenvalue weighted by Crippen LogP contribution is -2.33. The van der Waals surface area contributed by atoms with Crippen LogP contribution < -0.4 is 0 Å². The molecule has 1 heterocycles. The molecule has 2 N–H and O–H groups in total. The van der Waals surface area contributed by atoms with Gasteiger partial charge in [-0.25, -0.2) is 9.18 Å². The summed E-state index contributed by atoms with van der Waals surface area (Å²) in [4.78, 5) is 12.2. The van der Waals surface area contributed by atoms with Crippen molar-refractivity contribution in [3.8, 4) is 0 Å². The van der Waals surface area contributed by atoms with E-state index in [0.29, 0.717) is 24.9 Å². The standard InChI is InChI=1S/C20H27FN2O3/c1-5-13(18(22)19(25)26-20(2,3)4)10-14-12-23(8-9-24)17-11-15(21)6-7-16(14)17/h6-7,11-13,22,24H,5,8-10H2,1-4H3. The summed E-state index contributed by atoms with van der Waals surface area (Å²) in [6, 6.07) is 4.54. The molecule has 142 valence electrons. The molecule has 1 atom stereocenters. The molecule has 6 heteroatoms. The number of carbonyl (C=O) groups excluding carboxylic acids is 1. The Hall–Kier alpha value is -2.21. The Balaban J connectivity index is 2.30. The van der Waals surface area contributed by atoms with Crippen LogP contribution in [0.3, 0.4) is 0 Å². The Kier molecular flexibility index (Phi) is 6.18. The van der Waals surface area contributed by atoms with Crippen molar-refractivity contribution in [3.05, 3.63) is 35.8 Å². The second-order valence-electron chi connectivity index (χ2n) is 7.46. The quantitative estimate of drug-likeness (QED) is 0.582. The summed E-state index contributed by atoms with van der Waals surface area (Å²) in [7, 11) is 0. The molecular weight excluding hydrogens is 335 g/mol. The maximum absolute atomic E-state index is 13.6. The van der Waals surface area contributed by atoms with E-state index in [1.54, 1.807) is 31.4 Å². The number of carbonyl (C=O) groups is 1. The molecular formula is C20H27FN2O3. The summed E-state index contributed by atoms with van der Waals surface area (Å²) in [6.45, 7) is 7.56. The highest BCUT2D eigenvalue weighted by atomic mass is 19.1. The van der Waals surface area contributed by atoms with Gasteiger partial charge in [-0.2, -0.15) is 0 Å². The monoisotopic (exact) mass is 362 g/mol. The lowest BCUT2D eigenvalue weighted by atomic mass is 9.92. The number of nitrogens with one attached hydrogen (secondary N) is 1. The van der Waals surface area contributed by atoms with Crippen LogP contribution in [0.1, 0.15) is 39.7 Å². The van der Waals surface area contributed by atoms with E-state index in [1.165, 1.54) is 12.1 Å². The number of hydrogen-bond donors (Lipinski definition) is 2. The summed E-state index contributed by atoms with van der Waals surface area (Å²) in [5, 5.41) is 18.3. The van der Waals surface area contributed by atoms with Gasteiger partial charge in [-0.15, -0.1) is 0 Å². The lowest BCUT2D eigenvalue weighted by molar-refractivity contribution is -0.146. The molecule has 0 fully saturated rings. The van der Waals surface area contributed by atoms with E-state index >= 15 is 0 Å². The maximum atomic E-state index is 13.6. The van der Waals surface area contributed by atoms with E-state index < -0.39 is 11.6 Å². The Labute approximate surface area is 153 Å². The fourth-order valence-corrected chi connectivity index (χ4v) is 3.01. The van der Waals surface area contributed by atoms with Crippen LogP contribution >= 0.6 is 0 Å². The van der Waals surface area contributed by atoms with Crippen molar-refractivity contribution in [2.45, 2.75) is 52.7 Å². The van der Waals surface area contributed by atoms with Crippen LogP contribution in [0, 0.1) is 17.1 Å². The van der Waals surface area contributed by atoms with Crippen LogP contribution in [0.2, 0.25) is 0 Å². The summed E-state index contributed by atoms with van der Waals surface area (Å²) >= 11 is 0. The highest BCUT2D eigenvalue weighted by molar-refractivity contribution is 6.36. The zero-order valence-corrected chi connectivity index (χ0v) is 15.8. The molecule has 0 amide bonds. The van der Waals surface area contributed by atoms with Crippen molar-refractivity contribution < 1.29 is 19.0 Å². The molecule has 0 spiro atoms. The number of aliphatic hydroxyl groups excluding tert-OH is 1. The predicted octanol–water partition coefficient (Wildman–Crippen LogP) is 3.70. The highest BCUT2D eigenvalue weighted by Crippen LogP contribution is 2.26. The van der Waals surface area contributed by atoms with Crippen molar-refractivity contribution in [1.82, 2.24) is 4.57 Å². The molecule has 26 heavy (non-hydrogen) atoms. The predicted molar refractivity (Wildman–Crippen MR) is 100 cm³/mol. The van der Waals surface area contributed by atoms with Crippen molar-refractivity contribution in [2.75, 3.05) is 6.61 Å².